The number of nitrogens with zero attached hydrogens (tertiary/aromatic N) is 4. The maximum Gasteiger partial charge on any atom is 0.272 e. The van der Waals surface area contributed by atoms with E-state index < -0.39 is 0 Å². The zero-order chi connectivity index (χ0) is 15.8. The number of rotatable bonds is 2. The summed E-state index contributed by atoms with van der Waals surface area (Å²) in [4.78, 5) is 21.9. The van der Waals surface area contributed by atoms with Gasteiger partial charge in [-0.25, -0.2) is 9.50 Å². The van der Waals surface area contributed by atoms with Crippen LogP contribution in [0.25, 0.3) is 5.65 Å². The molecule has 2 fully saturated rings. The highest BCUT2D eigenvalue weighted by molar-refractivity contribution is 5.37. The Balaban J connectivity index is 1.43. The normalized spacial score (nSPS) is 22.8. The molecular formula is C17H25N5O. The molecule has 0 atom stereocenters. The molecule has 0 aromatic carbocycles. The van der Waals surface area contributed by atoms with Gasteiger partial charge in [-0.3, -0.25) is 9.89 Å². The molecule has 0 aliphatic carbocycles. The van der Waals surface area contributed by atoms with Crippen LogP contribution in [0.15, 0.2) is 23.1 Å². The van der Waals surface area contributed by atoms with Crippen LogP contribution in [-0.2, 0) is 0 Å². The highest BCUT2D eigenvalue weighted by Gasteiger charge is 2.28. The zero-order valence-electron chi connectivity index (χ0n) is 13.7. The molecule has 2 aromatic rings. The minimum Gasteiger partial charge on any atom is -0.306 e. The second-order valence-electron chi connectivity index (χ2n) is 7.02. The lowest BCUT2D eigenvalue weighted by atomic mass is 9.91. The van der Waals surface area contributed by atoms with Crippen LogP contribution in [-0.4, -0.2) is 63.7 Å². The molecule has 0 saturated carbocycles. The molecule has 4 heterocycles. The van der Waals surface area contributed by atoms with Gasteiger partial charge in [0.2, 0.25) is 0 Å². The summed E-state index contributed by atoms with van der Waals surface area (Å²) in [5, 5.41) is 2.90. The summed E-state index contributed by atoms with van der Waals surface area (Å²) in [6.07, 6.45) is 6.56. The number of piperidine rings is 2. The van der Waals surface area contributed by atoms with Crippen molar-refractivity contribution < 1.29 is 0 Å². The summed E-state index contributed by atoms with van der Waals surface area (Å²) in [5.41, 5.74) is 1.69. The molecular weight excluding hydrogens is 290 g/mol. The van der Waals surface area contributed by atoms with Crippen molar-refractivity contribution in [2.75, 3.05) is 33.2 Å². The van der Waals surface area contributed by atoms with Crippen LogP contribution in [0, 0.1) is 0 Å². The number of hydrogen-bond donors (Lipinski definition) is 1. The predicted octanol–water partition coefficient (Wildman–Crippen LogP) is 1.30. The predicted molar refractivity (Wildman–Crippen MR) is 89.9 cm³/mol. The smallest absolute Gasteiger partial charge is 0.272 e. The number of nitrogens with one attached hydrogen (secondary N) is 1. The Morgan fingerprint density at radius 3 is 2.61 bits per heavy atom. The zero-order valence-corrected chi connectivity index (χ0v) is 13.7. The summed E-state index contributed by atoms with van der Waals surface area (Å²) < 4.78 is 1.50. The first kappa shape index (κ1) is 14.9. The van der Waals surface area contributed by atoms with Crippen molar-refractivity contribution in [3.63, 3.8) is 0 Å². The minimum atomic E-state index is -0.00672. The molecule has 0 spiro atoms. The lowest BCUT2D eigenvalue weighted by Gasteiger charge is -2.41. The Bertz CT molecular complexity index is 720. The highest BCUT2D eigenvalue weighted by Crippen LogP contribution is 2.29. The Morgan fingerprint density at radius 2 is 1.87 bits per heavy atom. The van der Waals surface area contributed by atoms with Crippen molar-refractivity contribution in [2.24, 2.45) is 0 Å². The lowest BCUT2D eigenvalue weighted by Crippen LogP contribution is -2.46. The number of likely N-dealkylation sites (tertiary alicyclic amines) is 2. The minimum absolute atomic E-state index is 0.00672. The summed E-state index contributed by atoms with van der Waals surface area (Å²) in [6.45, 7) is 4.70. The highest BCUT2D eigenvalue weighted by atomic mass is 16.1. The molecule has 0 unspecified atom stereocenters. The fraction of sp³-hybridized carbons (Fsp3) is 0.647. The summed E-state index contributed by atoms with van der Waals surface area (Å²) >= 11 is 0. The van der Waals surface area contributed by atoms with Crippen LogP contribution < -0.4 is 5.56 Å². The third-order valence-corrected chi connectivity index (χ3v) is 5.55. The molecule has 4 rings (SSSR count). The summed E-state index contributed by atoms with van der Waals surface area (Å²) in [6, 6.07) is 4.32. The molecule has 23 heavy (non-hydrogen) atoms. The van der Waals surface area contributed by atoms with Gasteiger partial charge in [0.25, 0.3) is 5.56 Å². The Labute approximate surface area is 136 Å². The topological polar surface area (TPSA) is 56.6 Å². The van der Waals surface area contributed by atoms with E-state index in [9.17, 15) is 4.79 Å². The van der Waals surface area contributed by atoms with E-state index >= 15 is 0 Å². The van der Waals surface area contributed by atoms with E-state index in [-0.39, 0.29) is 5.56 Å². The van der Waals surface area contributed by atoms with E-state index in [0.29, 0.717) is 5.92 Å². The standard InChI is InChI=1S/C17H25N5O/c1-20-8-5-14(6-9-20)21-10-3-13(4-11-21)15-12-17(23)22-16(19-15)2-7-18-22/h2,7,12-14,18H,3-6,8-11H2,1H3. The second kappa shape index (κ2) is 6.09. The van der Waals surface area contributed by atoms with E-state index in [0.717, 1.165) is 43.3 Å². The summed E-state index contributed by atoms with van der Waals surface area (Å²) in [7, 11) is 2.21. The third kappa shape index (κ3) is 2.93. The summed E-state index contributed by atoms with van der Waals surface area (Å²) in [5.74, 6) is 0.421. The van der Waals surface area contributed by atoms with E-state index in [4.69, 9.17) is 0 Å². The van der Waals surface area contributed by atoms with Crippen LogP contribution in [0.5, 0.6) is 0 Å². The number of H-pyrrole nitrogens is 1. The van der Waals surface area contributed by atoms with Crippen molar-refractivity contribution in [2.45, 2.75) is 37.6 Å². The van der Waals surface area contributed by atoms with Gasteiger partial charge in [-0.2, -0.15) is 0 Å². The van der Waals surface area contributed by atoms with Crippen molar-refractivity contribution in [3.8, 4) is 0 Å². The third-order valence-electron chi connectivity index (χ3n) is 5.55. The molecule has 2 aromatic heterocycles. The Hall–Kier alpha value is -1.66. The van der Waals surface area contributed by atoms with E-state index in [2.05, 4.69) is 26.9 Å². The fourth-order valence-electron chi connectivity index (χ4n) is 4.08. The number of fused-ring (bicyclic) bond motifs is 1. The molecule has 0 bridgehead atoms. The SMILES string of the molecule is CN1CCC(N2CCC(c3cc(=O)n4[nH]ccc4n3)CC2)CC1. The van der Waals surface area contributed by atoms with Gasteiger partial charge in [-0.15, -0.1) is 0 Å². The molecule has 6 nitrogen and oxygen atoms in total. The van der Waals surface area contributed by atoms with Gasteiger partial charge >= 0.3 is 0 Å². The Kier molecular flexibility index (Phi) is 3.95. The second-order valence-corrected chi connectivity index (χ2v) is 7.02. The molecule has 2 aliphatic rings. The fourth-order valence-corrected chi connectivity index (χ4v) is 4.08. The van der Waals surface area contributed by atoms with Gasteiger partial charge in [0.1, 0.15) is 0 Å². The van der Waals surface area contributed by atoms with Gasteiger partial charge in [-0.1, -0.05) is 0 Å². The van der Waals surface area contributed by atoms with Crippen LogP contribution in [0.2, 0.25) is 0 Å². The average molecular weight is 315 g/mol. The van der Waals surface area contributed by atoms with Gasteiger partial charge in [-0.05, 0) is 58.9 Å². The molecule has 2 saturated heterocycles. The molecule has 0 amide bonds. The van der Waals surface area contributed by atoms with Crippen LogP contribution >= 0.6 is 0 Å². The first-order valence-corrected chi connectivity index (χ1v) is 8.70. The van der Waals surface area contributed by atoms with Crippen molar-refractivity contribution in [3.05, 3.63) is 34.4 Å². The lowest BCUT2D eigenvalue weighted by molar-refractivity contribution is 0.0962. The van der Waals surface area contributed by atoms with Crippen LogP contribution in [0.4, 0.5) is 0 Å². The molecule has 1 N–H and O–H groups in total. The van der Waals surface area contributed by atoms with E-state index in [1.54, 1.807) is 12.3 Å². The average Bonchev–Trinajstić information content (AvgIpc) is 3.05. The molecule has 2 aliphatic heterocycles. The van der Waals surface area contributed by atoms with Gasteiger partial charge in [0, 0.05) is 30.3 Å². The first-order chi connectivity index (χ1) is 11.2. The van der Waals surface area contributed by atoms with Gasteiger partial charge < -0.3 is 9.80 Å². The van der Waals surface area contributed by atoms with Crippen molar-refractivity contribution >= 4 is 5.65 Å². The van der Waals surface area contributed by atoms with E-state index in [1.165, 1.54) is 30.4 Å². The Morgan fingerprint density at radius 1 is 1.13 bits per heavy atom. The van der Waals surface area contributed by atoms with Crippen molar-refractivity contribution in [1.82, 2.24) is 24.4 Å². The van der Waals surface area contributed by atoms with Crippen LogP contribution in [0.3, 0.4) is 0 Å². The van der Waals surface area contributed by atoms with E-state index in [1.807, 2.05) is 6.07 Å². The number of aromatic amines is 1. The maximum absolute atomic E-state index is 12.1. The van der Waals surface area contributed by atoms with Crippen molar-refractivity contribution in [1.29, 1.82) is 0 Å². The molecule has 124 valence electrons. The van der Waals surface area contributed by atoms with Crippen LogP contribution in [0.1, 0.15) is 37.3 Å². The first-order valence-electron chi connectivity index (χ1n) is 8.70. The molecule has 0 radical (unpaired) electrons. The number of hydrogen-bond acceptors (Lipinski definition) is 4. The maximum atomic E-state index is 12.1. The number of aromatic nitrogens is 3. The molecule has 6 heteroatoms. The largest absolute Gasteiger partial charge is 0.306 e. The van der Waals surface area contributed by atoms with Gasteiger partial charge in [0.05, 0.1) is 5.69 Å². The monoisotopic (exact) mass is 315 g/mol. The van der Waals surface area contributed by atoms with Gasteiger partial charge in [0.15, 0.2) is 5.65 Å². The quantitative estimate of drug-likeness (QED) is 0.907.